The summed E-state index contributed by atoms with van der Waals surface area (Å²) in [5, 5.41) is 2.69. The molecule has 0 saturated carbocycles. The molecule has 0 saturated heterocycles. The van der Waals surface area contributed by atoms with Crippen LogP contribution in [0.25, 0.3) is 0 Å². The number of benzene rings is 2. The Kier molecular flexibility index (Phi) is 7.30. The van der Waals surface area contributed by atoms with Gasteiger partial charge < -0.3 is 5.32 Å². The number of sulfonamides is 1. The Morgan fingerprint density at radius 2 is 1.86 bits per heavy atom. The third kappa shape index (κ3) is 5.48. The van der Waals surface area contributed by atoms with E-state index in [0.29, 0.717) is 0 Å². The second-order valence-electron chi connectivity index (χ2n) is 7.17. The summed E-state index contributed by atoms with van der Waals surface area (Å²) in [7, 11) is -3.83. The van der Waals surface area contributed by atoms with Gasteiger partial charge in [0.2, 0.25) is 15.9 Å². The van der Waals surface area contributed by atoms with E-state index >= 15 is 0 Å². The first kappa shape index (κ1) is 23.2. The third-order valence-corrected chi connectivity index (χ3v) is 6.21. The molecule has 0 spiro atoms. The molecule has 0 aliphatic rings. The SMILES string of the molecule is CC[C@@H](C(=O)N[C@@H](C)c1ccc(C)cc1C)N(c1ccc(F)c(Cl)c1)S(C)(=O)=O. The summed E-state index contributed by atoms with van der Waals surface area (Å²) in [6, 6.07) is 8.22. The lowest BCUT2D eigenvalue weighted by molar-refractivity contribution is -0.122. The van der Waals surface area contributed by atoms with Crippen molar-refractivity contribution in [2.75, 3.05) is 10.6 Å². The average Bonchev–Trinajstić information content (AvgIpc) is 2.60. The Morgan fingerprint density at radius 3 is 2.38 bits per heavy atom. The molecule has 0 aliphatic heterocycles. The molecule has 0 radical (unpaired) electrons. The van der Waals surface area contributed by atoms with Gasteiger partial charge in [0.05, 0.1) is 23.0 Å². The van der Waals surface area contributed by atoms with Crippen LogP contribution in [0.4, 0.5) is 10.1 Å². The van der Waals surface area contributed by atoms with Gasteiger partial charge in [0.1, 0.15) is 11.9 Å². The van der Waals surface area contributed by atoms with E-state index in [4.69, 9.17) is 11.6 Å². The third-order valence-electron chi connectivity index (χ3n) is 4.74. The second-order valence-corrected chi connectivity index (χ2v) is 9.44. The van der Waals surface area contributed by atoms with Crippen molar-refractivity contribution in [3.05, 3.63) is 63.9 Å². The zero-order valence-corrected chi connectivity index (χ0v) is 18.7. The van der Waals surface area contributed by atoms with Gasteiger partial charge in [-0.1, -0.05) is 42.3 Å². The Labute approximate surface area is 176 Å². The van der Waals surface area contributed by atoms with E-state index in [-0.39, 0.29) is 23.2 Å². The molecule has 2 aromatic carbocycles. The van der Waals surface area contributed by atoms with Crippen LogP contribution in [0.2, 0.25) is 5.02 Å². The van der Waals surface area contributed by atoms with E-state index in [9.17, 15) is 17.6 Å². The van der Waals surface area contributed by atoms with Crippen LogP contribution < -0.4 is 9.62 Å². The number of halogens is 2. The molecule has 158 valence electrons. The maximum absolute atomic E-state index is 13.5. The summed E-state index contributed by atoms with van der Waals surface area (Å²) in [6.07, 6.45) is 1.24. The van der Waals surface area contributed by atoms with Crippen molar-refractivity contribution in [2.24, 2.45) is 0 Å². The van der Waals surface area contributed by atoms with E-state index in [0.717, 1.165) is 33.3 Å². The molecule has 0 heterocycles. The molecule has 1 N–H and O–H groups in total. The van der Waals surface area contributed by atoms with Crippen LogP contribution in [0.15, 0.2) is 36.4 Å². The topological polar surface area (TPSA) is 66.5 Å². The lowest BCUT2D eigenvalue weighted by atomic mass is 10.00. The number of aryl methyl sites for hydroxylation is 2. The molecular formula is C21H26ClFN2O3S. The van der Waals surface area contributed by atoms with Gasteiger partial charge in [0, 0.05) is 0 Å². The number of carbonyl (C=O) groups excluding carboxylic acids is 1. The van der Waals surface area contributed by atoms with Gasteiger partial charge in [-0.05, 0) is 56.5 Å². The van der Waals surface area contributed by atoms with Gasteiger partial charge in [-0.2, -0.15) is 0 Å². The predicted molar refractivity (Wildman–Crippen MR) is 115 cm³/mol. The highest BCUT2D eigenvalue weighted by Gasteiger charge is 2.32. The molecule has 0 aromatic heterocycles. The summed E-state index contributed by atoms with van der Waals surface area (Å²) in [5.74, 6) is -1.10. The predicted octanol–water partition coefficient (Wildman–Crippen LogP) is 4.52. The van der Waals surface area contributed by atoms with Crippen LogP contribution >= 0.6 is 11.6 Å². The number of anilines is 1. The van der Waals surface area contributed by atoms with E-state index in [1.165, 1.54) is 12.1 Å². The highest BCUT2D eigenvalue weighted by Crippen LogP contribution is 2.28. The van der Waals surface area contributed by atoms with Crippen LogP contribution in [-0.2, 0) is 14.8 Å². The van der Waals surface area contributed by atoms with E-state index in [2.05, 4.69) is 5.32 Å². The highest BCUT2D eigenvalue weighted by atomic mass is 35.5. The zero-order valence-electron chi connectivity index (χ0n) is 17.2. The van der Waals surface area contributed by atoms with Crippen LogP contribution in [0.5, 0.6) is 0 Å². The first-order valence-electron chi connectivity index (χ1n) is 9.27. The van der Waals surface area contributed by atoms with E-state index in [1.54, 1.807) is 6.92 Å². The zero-order chi connectivity index (χ0) is 21.9. The van der Waals surface area contributed by atoms with E-state index in [1.807, 2.05) is 39.0 Å². The molecule has 2 atom stereocenters. The monoisotopic (exact) mass is 440 g/mol. The van der Waals surface area contributed by atoms with Gasteiger partial charge >= 0.3 is 0 Å². The smallest absolute Gasteiger partial charge is 0.244 e. The minimum absolute atomic E-state index is 0.139. The van der Waals surface area contributed by atoms with Gasteiger partial charge in [-0.3, -0.25) is 9.10 Å². The van der Waals surface area contributed by atoms with Crippen LogP contribution in [0.3, 0.4) is 0 Å². The first-order valence-corrected chi connectivity index (χ1v) is 11.5. The lowest BCUT2D eigenvalue weighted by Gasteiger charge is -2.31. The fourth-order valence-corrected chi connectivity index (χ4v) is 4.76. The Balaban J connectivity index is 2.36. The van der Waals surface area contributed by atoms with E-state index < -0.39 is 27.8 Å². The fraction of sp³-hybridized carbons (Fsp3) is 0.381. The molecule has 5 nitrogen and oxygen atoms in total. The van der Waals surface area contributed by atoms with Crippen molar-refractivity contribution in [1.29, 1.82) is 0 Å². The van der Waals surface area contributed by atoms with Crippen LogP contribution in [-0.4, -0.2) is 26.6 Å². The van der Waals surface area contributed by atoms with Gasteiger partial charge in [-0.25, -0.2) is 12.8 Å². The molecule has 0 fully saturated rings. The quantitative estimate of drug-likeness (QED) is 0.688. The lowest BCUT2D eigenvalue weighted by Crippen LogP contribution is -2.49. The molecule has 0 unspecified atom stereocenters. The Bertz CT molecular complexity index is 1010. The number of hydrogen-bond donors (Lipinski definition) is 1. The normalized spacial score (nSPS) is 13.6. The standard InChI is InChI=1S/C21H26ClFN2O3S/c1-6-20(21(26)24-15(4)17-9-7-13(2)11-14(17)3)25(29(5,27)28)16-8-10-19(23)18(22)12-16/h7-12,15,20H,6H2,1-5H3,(H,24,26)/t15-,20-/m0/s1. The average molecular weight is 441 g/mol. The van der Waals surface area contributed by atoms with Crippen molar-refractivity contribution < 1.29 is 17.6 Å². The van der Waals surface area contributed by atoms with Crippen molar-refractivity contribution in [1.82, 2.24) is 5.32 Å². The maximum atomic E-state index is 13.5. The number of hydrogen-bond acceptors (Lipinski definition) is 3. The molecule has 2 rings (SSSR count). The summed E-state index contributed by atoms with van der Waals surface area (Å²) < 4.78 is 39.5. The molecular weight excluding hydrogens is 415 g/mol. The minimum atomic E-state index is -3.83. The summed E-state index contributed by atoms with van der Waals surface area (Å²) in [6.45, 7) is 7.52. The Hall–Kier alpha value is -2.12. The van der Waals surface area contributed by atoms with Gasteiger partial charge in [-0.15, -0.1) is 0 Å². The van der Waals surface area contributed by atoms with Crippen molar-refractivity contribution in [3.8, 4) is 0 Å². The highest BCUT2D eigenvalue weighted by molar-refractivity contribution is 7.92. The molecule has 0 aliphatic carbocycles. The minimum Gasteiger partial charge on any atom is -0.348 e. The van der Waals surface area contributed by atoms with Gasteiger partial charge in [0.25, 0.3) is 0 Å². The van der Waals surface area contributed by atoms with Crippen molar-refractivity contribution in [3.63, 3.8) is 0 Å². The van der Waals surface area contributed by atoms with Crippen molar-refractivity contribution >= 4 is 33.2 Å². The van der Waals surface area contributed by atoms with Crippen molar-refractivity contribution in [2.45, 2.75) is 46.2 Å². The number of rotatable bonds is 7. The van der Waals surface area contributed by atoms with Gasteiger partial charge in [0.15, 0.2) is 0 Å². The maximum Gasteiger partial charge on any atom is 0.244 e. The largest absolute Gasteiger partial charge is 0.348 e. The number of carbonyl (C=O) groups is 1. The molecule has 8 heteroatoms. The Morgan fingerprint density at radius 1 is 1.21 bits per heavy atom. The van der Waals surface area contributed by atoms with Crippen LogP contribution in [0.1, 0.15) is 43.0 Å². The fourth-order valence-electron chi connectivity index (χ4n) is 3.38. The second kappa shape index (κ2) is 9.13. The molecule has 1 amide bonds. The number of nitrogens with zero attached hydrogens (tertiary/aromatic N) is 1. The molecule has 0 bridgehead atoms. The summed E-state index contributed by atoms with van der Waals surface area (Å²) >= 11 is 5.83. The number of amides is 1. The summed E-state index contributed by atoms with van der Waals surface area (Å²) in [4.78, 5) is 13.0. The summed E-state index contributed by atoms with van der Waals surface area (Å²) in [5.41, 5.74) is 3.25. The number of nitrogens with one attached hydrogen (secondary N) is 1. The first-order chi connectivity index (χ1) is 13.5. The van der Waals surface area contributed by atoms with Crippen LogP contribution in [0, 0.1) is 19.7 Å². The molecule has 2 aromatic rings. The molecule has 29 heavy (non-hydrogen) atoms.